The van der Waals surface area contributed by atoms with Crippen LogP contribution in [-0.2, 0) is 11.3 Å². The molecule has 0 radical (unpaired) electrons. The van der Waals surface area contributed by atoms with E-state index in [-0.39, 0.29) is 0 Å². The summed E-state index contributed by atoms with van der Waals surface area (Å²) in [5.74, 6) is 0. The van der Waals surface area contributed by atoms with Gasteiger partial charge in [-0.1, -0.05) is 24.3 Å². The Balaban J connectivity index is 2.39. The van der Waals surface area contributed by atoms with Crippen molar-refractivity contribution in [1.29, 1.82) is 0 Å². The quantitative estimate of drug-likeness (QED) is 0.576. The van der Waals surface area contributed by atoms with Crippen LogP contribution in [0.5, 0.6) is 0 Å². The summed E-state index contributed by atoms with van der Waals surface area (Å²) in [5.41, 5.74) is 5.50. The minimum Gasteiger partial charge on any atom is -0.502 e. The molecule has 0 aromatic heterocycles. The predicted octanol–water partition coefficient (Wildman–Crippen LogP) is 3.25. The van der Waals surface area contributed by atoms with Crippen LogP contribution in [0.2, 0.25) is 0 Å². The van der Waals surface area contributed by atoms with Crippen molar-refractivity contribution >= 4 is 0 Å². The zero-order chi connectivity index (χ0) is 12.7. The van der Waals surface area contributed by atoms with Crippen molar-refractivity contribution in [3.8, 4) is 0 Å². The first kappa shape index (κ1) is 13.8. The highest BCUT2D eigenvalue weighted by molar-refractivity contribution is 5.37. The zero-order valence-corrected chi connectivity index (χ0v) is 11.2. The van der Waals surface area contributed by atoms with Gasteiger partial charge in [0.2, 0.25) is 0 Å². The first-order valence-corrected chi connectivity index (χ1v) is 6.15. The minimum absolute atomic E-state index is 0.738. The van der Waals surface area contributed by atoms with Crippen LogP contribution in [0, 0.1) is 20.8 Å². The number of nitrogens with one attached hydrogen (secondary N) is 1. The molecule has 0 saturated heterocycles. The van der Waals surface area contributed by atoms with Crippen LogP contribution in [0.3, 0.4) is 0 Å². The van der Waals surface area contributed by atoms with E-state index in [0.29, 0.717) is 0 Å². The molecule has 0 bridgehead atoms. The molecule has 0 unspecified atom stereocenters. The van der Waals surface area contributed by atoms with E-state index in [1.54, 1.807) is 0 Å². The second kappa shape index (κ2) is 7.13. The Morgan fingerprint density at radius 2 is 1.88 bits per heavy atom. The number of hydrogen-bond donors (Lipinski definition) is 1. The molecule has 17 heavy (non-hydrogen) atoms. The van der Waals surface area contributed by atoms with E-state index in [1.807, 2.05) is 0 Å². The van der Waals surface area contributed by atoms with Crippen molar-refractivity contribution in [3.05, 3.63) is 47.2 Å². The summed E-state index contributed by atoms with van der Waals surface area (Å²) < 4.78 is 5.07. The van der Waals surface area contributed by atoms with Gasteiger partial charge in [-0.2, -0.15) is 0 Å². The fourth-order valence-corrected chi connectivity index (χ4v) is 2.07. The molecule has 0 spiro atoms. The van der Waals surface area contributed by atoms with Gasteiger partial charge in [0.15, 0.2) is 0 Å². The van der Waals surface area contributed by atoms with E-state index in [2.05, 4.69) is 44.8 Å². The van der Waals surface area contributed by atoms with E-state index < -0.39 is 0 Å². The lowest BCUT2D eigenvalue weighted by atomic mass is 10.00. The molecule has 0 heterocycles. The Hall–Kier alpha value is -1.28. The third-order valence-electron chi connectivity index (χ3n) is 2.88. The third-order valence-corrected chi connectivity index (χ3v) is 2.88. The summed E-state index contributed by atoms with van der Waals surface area (Å²) in [6.07, 6.45) is 2.50. The topological polar surface area (TPSA) is 21.3 Å². The van der Waals surface area contributed by atoms with Crippen molar-refractivity contribution in [2.24, 2.45) is 0 Å². The van der Waals surface area contributed by atoms with Crippen molar-refractivity contribution in [3.63, 3.8) is 0 Å². The molecule has 0 aliphatic carbocycles. The average molecular weight is 233 g/mol. The Bertz CT molecular complexity index is 348. The highest BCUT2D eigenvalue weighted by Crippen LogP contribution is 2.15. The van der Waals surface area contributed by atoms with Crippen molar-refractivity contribution < 1.29 is 4.74 Å². The Morgan fingerprint density at radius 3 is 2.47 bits per heavy atom. The molecular formula is C15H23NO. The van der Waals surface area contributed by atoms with Gasteiger partial charge >= 0.3 is 0 Å². The molecule has 0 saturated carbocycles. The van der Waals surface area contributed by atoms with Gasteiger partial charge in [-0.25, -0.2) is 0 Å². The molecule has 1 aromatic carbocycles. The molecular weight excluding hydrogens is 210 g/mol. The fourth-order valence-electron chi connectivity index (χ4n) is 2.07. The van der Waals surface area contributed by atoms with Gasteiger partial charge in [-0.15, -0.1) is 0 Å². The molecule has 0 fully saturated rings. The number of ether oxygens (including phenoxy) is 1. The molecule has 0 aliphatic rings. The first-order chi connectivity index (χ1) is 8.15. The maximum atomic E-state index is 5.07. The van der Waals surface area contributed by atoms with Gasteiger partial charge in [0.1, 0.15) is 0 Å². The number of aryl methyl sites for hydroxylation is 3. The maximum absolute atomic E-state index is 5.07. The molecule has 0 amide bonds. The Labute approximate surface area is 105 Å². The van der Waals surface area contributed by atoms with E-state index in [0.717, 1.165) is 26.1 Å². The Morgan fingerprint density at radius 1 is 1.24 bits per heavy atom. The summed E-state index contributed by atoms with van der Waals surface area (Å²) in [6.45, 7) is 12.7. The summed E-state index contributed by atoms with van der Waals surface area (Å²) in [5, 5.41) is 3.45. The first-order valence-electron chi connectivity index (χ1n) is 6.15. The van der Waals surface area contributed by atoms with Crippen LogP contribution in [0.25, 0.3) is 0 Å². The molecule has 1 rings (SSSR count). The lowest BCUT2D eigenvalue weighted by molar-refractivity contribution is 0.244. The van der Waals surface area contributed by atoms with Crippen LogP contribution < -0.4 is 5.32 Å². The van der Waals surface area contributed by atoms with E-state index in [4.69, 9.17) is 4.74 Å². The molecule has 2 nitrogen and oxygen atoms in total. The summed E-state index contributed by atoms with van der Waals surface area (Å²) in [4.78, 5) is 0. The normalized spacial score (nSPS) is 10.3. The zero-order valence-electron chi connectivity index (χ0n) is 11.2. The van der Waals surface area contributed by atoms with Gasteiger partial charge in [0.05, 0.1) is 12.9 Å². The van der Waals surface area contributed by atoms with Crippen LogP contribution >= 0.6 is 0 Å². The van der Waals surface area contributed by atoms with E-state index >= 15 is 0 Å². The third kappa shape index (κ3) is 4.61. The second-order valence-electron chi connectivity index (χ2n) is 4.45. The van der Waals surface area contributed by atoms with E-state index in [9.17, 15) is 0 Å². The van der Waals surface area contributed by atoms with Crippen molar-refractivity contribution in [2.75, 3.05) is 13.2 Å². The lowest BCUT2D eigenvalue weighted by Gasteiger charge is -2.12. The number of rotatable bonds is 7. The standard InChI is InChI=1S/C15H23NO/c1-5-17-8-6-7-16-11-15-13(3)9-12(2)10-14(15)4/h5,9-10,16H,1,6-8,11H2,2-4H3. The van der Waals surface area contributed by atoms with Gasteiger partial charge < -0.3 is 10.1 Å². The fraction of sp³-hybridized carbons (Fsp3) is 0.467. The molecule has 94 valence electrons. The van der Waals surface area contributed by atoms with Crippen LogP contribution in [0.15, 0.2) is 25.0 Å². The molecule has 0 atom stereocenters. The number of benzene rings is 1. The van der Waals surface area contributed by atoms with Crippen LogP contribution in [0.4, 0.5) is 0 Å². The van der Waals surface area contributed by atoms with Crippen LogP contribution in [-0.4, -0.2) is 13.2 Å². The van der Waals surface area contributed by atoms with Crippen LogP contribution in [0.1, 0.15) is 28.7 Å². The number of hydrogen-bond acceptors (Lipinski definition) is 2. The maximum Gasteiger partial charge on any atom is 0.0885 e. The lowest BCUT2D eigenvalue weighted by Crippen LogP contribution is -2.17. The molecule has 2 heteroatoms. The van der Waals surface area contributed by atoms with Crippen molar-refractivity contribution in [1.82, 2.24) is 5.32 Å². The summed E-state index contributed by atoms with van der Waals surface area (Å²) in [7, 11) is 0. The van der Waals surface area contributed by atoms with Gasteiger partial charge in [-0.3, -0.25) is 0 Å². The van der Waals surface area contributed by atoms with Gasteiger partial charge in [0, 0.05) is 6.54 Å². The second-order valence-corrected chi connectivity index (χ2v) is 4.45. The summed E-state index contributed by atoms with van der Waals surface area (Å²) in [6, 6.07) is 4.48. The average Bonchev–Trinajstić information content (AvgIpc) is 2.26. The molecule has 1 aromatic rings. The van der Waals surface area contributed by atoms with E-state index in [1.165, 1.54) is 28.5 Å². The van der Waals surface area contributed by atoms with Gasteiger partial charge in [-0.05, 0) is 50.4 Å². The largest absolute Gasteiger partial charge is 0.502 e. The Kier molecular flexibility index (Phi) is 5.78. The van der Waals surface area contributed by atoms with Gasteiger partial charge in [0.25, 0.3) is 0 Å². The summed E-state index contributed by atoms with van der Waals surface area (Å²) >= 11 is 0. The highest BCUT2D eigenvalue weighted by Gasteiger charge is 2.02. The van der Waals surface area contributed by atoms with Crippen molar-refractivity contribution in [2.45, 2.75) is 33.7 Å². The molecule has 0 aliphatic heterocycles. The molecule has 1 N–H and O–H groups in total. The smallest absolute Gasteiger partial charge is 0.0885 e. The SMILES string of the molecule is C=COCCCNCc1c(C)cc(C)cc1C. The minimum atomic E-state index is 0.738. The predicted molar refractivity (Wildman–Crippen MR) is 73.1 cm³/mol. The highest BCUT2D eigenvalue weighted by atomic mass is 16.5. The monoisotopic (exact) mass is 233 g/mol.